The van der Waals surface area contributed by atoms with Crippen molar-refractivity contribution in [2.45, 2.75) is 19.5 Å². The minimum Gasteiger partial charge on any atom is -0.352 e. The fourth-order valence-corrected chi connectivity index (χ4v) is 1.41. The predicted molar refractivity (Wildman–Crippen MR) is 73.7 cm³/mol. The summed E-state index contributed by atoms with van der Waals surface area (Å²) in [7, 11) is 1.84. The van der Waals surface area contributed by atoms with Crippen LogP contribution in [-0.4, -0.2) is 31.6 Å². The van der Waals surface area contributed by atoms with E-state index >= 15 is 0 Å². The van der Waals surface area contributed by atoms with E-state index in [9.17, 15) is 9.59 Å². The van der Waals surface area contributed by atoms with Crippen molar-refractivity contribution in [2.24, 2.45) is 5.73 Å². The Hall–Kier alpha value is -2.08. The van der Waals surface area contributed by atoms with Gasteiger partial charge in [0, 0.05) is 24.7 Å². The summed E-state index contributed by atoms with van der Waals surface area (Å²) in [6, 6.07) is 6.67. The van der Waals surface area contributed by atoms with Gasteiger partial charge in [0.2, 0.25) is 0 Å². The number of amides is 3. The van der Waals surface area contributed by atoms with Gasteiger partial charge in [-0.25, -0.2) is 4.79 Å². The number of hydrogen-bond acceptors (Lipinski definition) is 3. The maximum atomic E-state index is 11.8. The number of likely N-dealkylation sites (N-methyl/N-ethyl adjacent to an activating group) is 1. The summed E-state index contributed by atoms with van der Waals surface area (Å²) in [6.45, 7) is 2.91. The second-order valence-corrected chi connectivity index (χ2v) is 4.31. The summed E-state index contributed by atoms with van der Waals surface area (Å²) in [6.07, 6.45) is 0. The highest BCUT2D eigenvalue weighted by atomic mass is 16.2. The van der Waals surface area contributed by atoms with Gasteiger partial charge in [0.05, 0.1) is 0 Å². The molecule has 104 valence electrons. The number of nitrogens with one attached hydrogen (secondary N) is 3. The summed E-state index contributed by atoms with van der Waals surface area (Å²) in [5.74, 6) is -0.114. The van der Waals surface area contributed by atoms with Crippen molar-refractivity contribution in [3.05, 3.63) is 35.4 Å². The molecule has 3 amide bonds. The maximum absolute atomic E-state index is 11.8. The Morgan fingerprint density at radius 2 is 1.84 bits per heavy atom. The first kappa shape index (κ1) is 15.0. The molecule has 1 atom stereocenters. The van der Waals surface area contributed by atoms with E-state index in [1.54, 1.807) is 24.3 Å². The zero-order valence-electron chi connectivity index (χ0n) is 11.2. The van der Waals surface area contributed by atoms with Crippen LogP contribution in [0.25, 0.3) is 0 Å². The van der Waals surface area contributed by atoms with Gasteiger partial charge in [-0.05, 0) is 31.7 Å². The number of primary amides is 1. The van der Waals surface area contributed by atoms with E-state index in [1.807, 2.05) is 14.0 Å². The van der Waals surface area contributed by atoms with E-state index in [4.69, 9.17) is 5.73 Å². The molecule has 0 aliphatic heterocycles. The quantitative estimate of drug-likeness (QED) is 0.590. The Bertz CT molecular complexity index is 431. The number of hydrogen-bond donors (Lipinski definition) is 4. The molecule has 0 saturated heterocycles. The van der Waals surface area contributed by atoms with E-state index in [2.05, 4.69) is 16.0 Å². The molecule has 1 aromatic carbocycles. The highest BCUT2D eigenvalue weighted by molar-refractivity contribution is 5.94. The Kier molecular flexibility index (Phi) is 5.81. The average molecular weight is 264 g/mol. The Balaban J connectivity index is 2.50. The standard InChI is InChI=1S/C13H20N4O2/c1-9(15-2)7-16-12(18)11-5-3-10(4-6-11)8-17-13(14)19/h3-6,9,15H,7-8H2,1-2H3,(H,16,18)(H3,14,17,19). The van der Waals surface area contributed by atoms with Gasteiger partial charge in [-0.15, -0.1) is 0 Å². The third-order valence-electron chi connectivity index (χ3n) is 2.74. The van der Waals surface area contributed by atoms with Crippen LogP contribution in [0.3, 0.4) is 0 Å². The molecule has 6 heteroatoms. The molecule has 1 unspecified atom stereocenters. The first-order valence-corrected chi connectivity index (χ1v) is 6.10. The highest BCUT2D eigenvalue weighted by Gasteiger charge is 2.06. The molecule has 0 heterocycles. The van der Waals surface area contributed by atoms with E-state index in [1.165, 1.54) is 0 Å². The lowest BCUT2D eigenvalue weighted by atomic mass is 10.1. The van der Waals surface area contributed by atoms with Gasteiger partial charge < -0.3 is 21.7 Å². The van der Waals surface area contributed by atoms with Crippen LogP contribution in [0.15, 0.2) is 24.3 Å². The van der Waals surface area contributed by atoms with Crippen molar-refractivity contribution < 1.29 is 9.59 Å². The number of carbonyl (C=O) groups is 2. The number of nitrogens with two attached hydrogens (primary N) is 1. The minimum atomic E-state index is -0.567. The molecule has 6 nitrogen and oxygen atoms in total. The van der Waals surface area contributed by atoms with Crippen molar-refractivity contribution in [3.63, 3.8) is 0 Å². The molecule has 1 aromatic rings. The van der Waals surface area contributed by atoms with Crippen molar-refractivity contribution >= 4 is 11.9 Å². The van der Waals surface area contributed by atoms with Crippen LogP contribution in [0, 0.1) is 0 Å². The lowest BCUT2D eigenvalue weighted by molar-refractivity contribution is 0.0950. The fraction of sp³-hybridized carbons (Fsp3) is 0.385. The summed E-state index contributed by atoms with van der Waals surface area (Å²) < 4.78 is 0. The second-order valence-electron chi connectivity index (χ2n) is 4.31. The van der Waals surface area contributed by atoms with Gasteiger partial charge in [-0.1, -0.05) is 12.1 Å². The summed E-state index contributed by atoms with van der Waals surface area (Å²) in [5, 5.41) is 8.36. The molecule has 0 spiro atoms. The highest BCUT2D eigenvalue weighted by Crippen LogP contribution is 2.04. The smallest absolute Gasteiger partial charge is 0.312 e. The van der Waals surface area contributed by atoms with Gasteiger partial charge in [0.1, 0.15) is 0 Å². The zero-order valence-corrected chi connectivity index (χ0v) is 11.2. The molecular weight excluding hydrogens is 244 g/mol. The summed E-state index contributed by atoms with van der Waals surface area (Å²) in [4.78, 5) is 22.4. The Morgan fingerprint density at radius 1 is 1.21 bits per heavy atom. The van der Waals surface area contributed by atoms with Crippen molar-refractivity contribution in [1.82, 2.24) is 16.0 Å². The van der Waals surface area contributed by atoms with Crippen molar-refractivity contribution in [2.75, 3.05) is 13.6 Å². The molecule has 0 aliphatic carbocycles. The topological polar surface area (TPSA) is 96.2 Å². The molecule has 0 bridgehead atoms. The Morgan fingerprint density at radius 3 is 2.37 bits per heavy atom. The minimum absolute atomic E-state index is 0.114. The van der Waals surface area contributed by atoms with Gasteiger partial charge in [-0.2, -0.15) is 0 Å². The van der Waals surface area contributed by atoms with Crippen molar-refractivity contribution in [3.8, 4) is 0 Å². The number of benzene rings is 1. The summed E-state index contributed by atoms with van der Waals surface area (Å²) in [5.41, 5.74) is 6.46. The average Bonchev–Trinajstić information content (AvgIpc) is 2.42. The molecule has 0 fully saturated rings. The van der Waals surface area contributed by atoms with E-state index in [0.29, 0.717) is 18.7 Å². The molecule has 19 heavy (non-hydrogen) atoms. The molecule has 0 aliphatic rings. The van der Waals surface area contributed by atoms with E-state index in [-0.39, 0.29) is 11.9 Å². The zero-order chi connectivity index (χ0) is 14.3. The van der Waals surface area contributed by atoms with Gasteiger partial charge in [0.15, 0.2) is 0 Å². The van der Waals surface area contributed by atoms with Crippen LogP contribution >= 0.6 is 0 Å². The van der Waals surface area contributed by atoms with Gasteiger partial charge in [-0.3, -0.25) is 4.79 Å². The lowest BCUT2D eigenvalue weighted by Crippen LogP contribution is -2.37. The first-order valence-electron chi connectivity index (χ1n) is 6.10. The molecule has 0 aromatic heterocycles. The number of rotatable bonds is 6. The predicted octanol–water partition coefficient (Wildman–Crippen LogP) is 0.193. The maximum Gasteiger partial charge on any atom is 0.312 e. The van der Waals surface area contributed by atoms with Crippen molar-refractivity contribution in [1.29, 1.82) is 0 Å². The normalized spacial score (nSPS) is 11.7. The third-order valence-corrected chi connectivity index (χ3v) is 2.74. The van der Waals surface area contributed by atoms with Gasteiger partial charge in [0.25, 0.3) is 5.91 Å². The molecule has 0 radical (unpaired) electrons. The van der Waals surface area contributed by atoms with Crippen LogP contribution in [0.2, 0.25) is 0 Å². The van der Waals surface area contributed by atoms with E-state index < -0.39 is 6.03 Å². The molecule has 1 rings (SSSR count). The third kappa shape index (κ3) is 5.39. The van der Waals surface area contributed by atoms with Crippen LogP contribution in [0.5, 0.6) is 0 Å². The largest absolute Gasteiger partial charge is 0.352 e. The van der Waals surface area contributed by atoms with Gasteiger partial charge >= 0.3 is 6.03 Å². The molecule has 5 N–H and O–H groups in total. The lowest BCUT2D eigenvalue weighted by Gasteiger charge is -2.11. The van der Waals surface area contributed by atoms with Crippen LogP contribution in [0.1, 0.15) is 22.8 Å². The Labute approximate surface area is 112 Å². The van der Waals surface area contributed by atoms with E-state index in [0.717, 1.165) is 5.56 Å². The molecular formula is C13H20N4O2. The van der Waals surface area contributed by atoms with Crippen LogP contribution in [0.4, 0.5) is 4.79 Å². The monoisotopic (exact) mass is 264 g/mol. The number of urea groups is 1. The summed E-state index contributed by atoms with van der Waals surface area (Å²) >= 11 is 0. The molecule has 0 saturated carbocycles. The fourth-order valence-electron chi connectivity index (χ4n) is 1.41. The van der Waals surface area contributed by atoms with Crippen LogP contribution in [-0.2, 0) is 6.54 Å². The first-order chi connectivity index (χ1) is 9.02. The number of carbonyl (C=O) groups excluding carboxylic acids is 2. The SMILES string of the molecule is CNC(C)CNC(=O)c1ccc(CNC(N)=O)cc1. The van der Waals surface area contributed by atoms with Crippen LogP contribution < -0.4 is 21.7 Å². The second kappa shape index (κ2) is 7.38.